The van der Waals surface area contributed by atoms with Crippen molar-refractivity contribution in [3.05, 3.63) is 36.0 Å². The third-order valence-corrected chi connectivity index (χ3v) is 2.48. The van der Waals surface area contributed by atoms with Crippen molar-refractivity contribution in [1.82, 2.24) is 4.98 Å². The van der Waals surface area contributed by atoms with Crippen molar-refractivity contribution in [3.8, 4) is 0 Å². The predicted octanol–water partition coefficient (Wildman–Crippen LogP) is 1.52. The molecular formula is C11H15N3. The van der Waals surface area contributed by atoms with E-state index in [0.29, 0.717) is 6.54 Å². The molecule has 5 N–H and O–H groups in total. The van der Waals surface area contributed by atoms with Crippen LogP contribution in [0.4, 0.5) is 0 Å². The number of benzene rings is 1. The van der Waals surface area contributed by atoms with Gasteiger partial charge in [-0.15, -0.1) is 0 Å². The van der Waals surface area contributed by atoms with E-state index in [0.717, 1.165) is 17.5 Å². The van der Waals surface area contributed by atoms with E-state index in [4.69, 9.17) is 11.5 Å². The van der Waals surface area contributed by atoms with Gasteiger partial charge in [-0.25, -0.2) is 0 Å². The molecule has 74 valence electrons. The van der Waals surface area contributed by atoms with E-state index >= 15 is 0 Å². The molecule has 1 unspecified atom stereocenters. The van der Waals surface area contributed by atoms with Gasteiger partial charge < -0.3 is 16.5 Å². The van der Waals surface area contributed by atoms with E-state index in [1.54, 1.807) is 0 Å². The zero-order chi connectivity index (χ0) is 9.97. The van der Waals surface area contributed by atoms with Crippen LogP contribution in [0.1, 0.15) is 18.0 Å². The summed E-state index contributed by atoms with van der Waals surface area (Å²) in [6.07, 6.45) is 2.76. The number of nitrogens with one attached hydrogen (secondary N) is 1. The van der Waals surface area contributed by atoms with Crippen molar-refractivity contribution < 1.29 is 0 Å². The minimum absolute atomic E-state index is 0.0488. The van der Waals surface area contributed by atoms with Crippen LogP contribution >= 0.6 is 0 Å². The Labute approximate surface area is 83.1 Å². The van der Waals surface area contributed by atoms with Crippen molar-refractivity contribution in [2.24, 2.45) is 11.5 Å². The number of rotatable bonds is 3. The molecule has 0 spiro atoms. The Balaban J connectivity index is 2.33. The van der Waals surface area contributed by atoms with Gasteiger partial charge in [0.25, 0.3) is 0 Å². The Hall–Kier alpha value is -1.32. The zero-order valence-electron chi connectivity index (χ0n) is 8.03. The van der Waals surface area contributed by atoms with Crippen LogP contribution in [-0.4, -0.2) is 11.5 Å². The smallest absolute Gasteiger partial charge is 0.0457 e. The lowest BCUT2D eigenvalue weighted by atomic mass is 10.0. The molecule has 3 heteroatoms. The fourth-order valence-corrected chi connectivity index (χ4v) is 1.64. The maximum Gasteiger partial charge on any atom is 0.0457 e. The lowest BCUT2D eigenvalue weighted by Crippen LogP contribution is -2.15. The normalized spacial score (nSPS) is 13.3. The third-order valence-electron chi connectivity index (χ3n) is 2.48. The van der Waals surface area contributed by atoms with E-state index < -0.39 is 0 Å². The molecule has 0 fully saturated rings. The highest BCUT2D eigenvalue weighted by atomic mass is 14.7. The second-order valence-electron chi connectivity index (χ2n) is 3.51. The van der Waals surface area contributed by atoms with Gasteiger partial charge in [-0.3, -0.25) is 0 Å². The van der Waals surface area contributed by atoms with Crippen LogP contribution in [0.5, 0.6) is 0 Å². The number of aromatic nitrogens is 1. The van der Waals surface area contributed by atoms with Gasteiger partial charge in [0.05, 0.1) is 0 Å². The van der Waals surface area contributed by atoms with Crippen LogP contribution in [0.25, 0.3) is 10.9 Å². The van der Waals surface area contributed by atoms with Gasteiger partial charge in [-0.2, -0.15) is 0 Å². The van der Waals surface area contributed by atoms with Crippen molar-refractivity contribution in [2.45, 2.75) is 12.5 Å². The summed E-state index contributed by atoms with van der Waals surface area (Å²) in [6.45, 7) is 0.629. The minimum Gasteiger partial charge on any atom is -0.361 e. The maximum absolute atomic E-state index is 5.97. The largest absolute Gasteiger partial charge is 0.361 e. The Kier molecular flexibility index (Phi) is 2.52. The van der Waals surface area contributed by atoms with Crippen molar-refractivity contribution in [1.29, 1.82) is 0 Å². The molecule has 0 saturated carbocycles. The summed E-state index contributed by atoms with van der Waals surface area (Å²) in [4.78, 5) is 3.17. The molecule has 1 aromatic heterocycles. The highest BCUT2D eigenvalue weighted by Crippen LogP contribution is 2.19. The van der Waals surface area contributed by atoms with E-state index in [1.165, 1.54) is 5.39 Å². The molecule has 14 heavy (non-hydrogen) atoms. The highest BCUT2D eigenvalue weighted by Gasteiger charge is 2.05. The molecule has 0 aliphatic heterocycles. The van der Waals surface area contributed by atoms with Gasteiger partial charge in [-0.05, 0) is 36.0 Å². The molecule has 1 aromatic carbocycles. The van der Waals surface area contributed by atoms with Gasteiger partial charge in [0.15, 0.2) is 0 Å². The molecular weight excluding hydrogens is 174 g/mol. The van der Waals surface area contributed by atoms with Crippen LogP contribution in [0, 0.1) is 0 Å². The number of H-pyrrole nitrogens is 1. The van der Waals surface area contributed by atoms with Crippen LogP contribution < -0.4 is 11.5 Å². The van der Waals surface area contributed by atoms with Gasteiger partial charge >= 0.3 is 0 Å². The topological polar surface area (TPSA) is 67.8 Å². The Morgan fingerprint density at radius 2 is 2.14 bits per heavy atom. The second kappa shape index (κ2) is 3.82. The fourth-order valence-electron chi connectivity index (χ4n) is 1.64. The summed E-state index contributed by atoms with van der Waals surface area (Å²) in [6, 6.07) is 8.34. The minimum atomic E-state index is 0.0488. The average Bonchev–Trinajstić information content (AvgIpc) is 2.64. The molecule has 3 nitrogen and oxygen atoms in total. The SMILES string of the molecule is NCCC(N)c1ccc2cc[nH]c2c1. The molecule has 0 bridgehead atoms. The lowest BCUT2D eigenvalue weighted by Gasteiger charge is -2.10. The van der Waals surface area contributed by atoms with E-state index in [9.17, 15) is 0 Å². The molecule has 0 radical (unpaired) electrons. The van der Waals surface area contributed by atoms with Crippen LogP contribution in [0.3, 0.4) is 0 Å². The summed E-state index contributed by atoms with van der Waals surface area (Å²) < 4.78 is 0. The standard InChI is InChI=1S/C11H15N3/c12-5-3-10(13)9-2-1-8-4-6-14-11(8)7-9/h1-2,4,6-7,10,14H,3,5,12-13H2. The Bertz CT molecular complexity index is 419. The lowest BCUT2D eigenvalue weighted by molar-refractivity contribution is 0.662. The van der Waals surface area contributed by atoms with Gasteiger partial charge in [0, 0.05) is 17.8 Å². The Morgan fingerprint density at radius 1 is 1.29 bits per heavy atom. The number of hydrogen-bond acceptors (Lipinski definition) is 2. The summed E-state index contributed by atoms with van der Waals surface area (Å²) >= 11 is 0. The first-order valence-corrected chi connectivity index (χ1v) is 4.84. The van der Waals surface area contributed by atoms with Gasteiger partial charge in [0.1, 0.15) is 0 Å². The summed E-state index contributed by atoms with van der Waals surface area (Å²) in [7, 11) is 0. The molecule has 0 saturated heterocycles. The van der Waals surface area contributed by atoms with Crippen LogP contribution in [0.15, 0.2) is 30.5 Å². The first-order valence-electron chi connectivity index (χ1n) is 4.84. The number of hydrogen-bond donors (Lipinski definition) is 3. The van der Waals surface area contributed by atoms with Crippen molar-refractivity contribution in [3.63, 3.8) is 0 Å². The quantitative estimate of drug-likeness (QED) is 0.685. The third kappa shape index (κ3) is 1.64. The first kappa shape index (κ1) is 9.24. The van der Waals surface area contributed by atoms with Crippen molar-refractivity contribution in [2.75, 3.05) is 6.54 Å². The molecule has 2 rings (SSSR count). The molecule has 1 heterocycles. The Morgan fingerprint density at radius 3 is 2.93 bits per heavy atom. The molecule has 1 atom stereocenters. The zero-order valence-corrected chi connectivity index (χ0v) is 8.03. The average molecular weight is 189 g/mol. The first-order chi connectivity index (χ1) is 6.81. The van der Waals surface area contributed by atoms with Crippen molar-refractivity contribution >= 4 is 10.9 Å². The second-order valence-corrected chi connectivity index (χ2v) is 3.51. The molecule has 2 aromatic rings. The van der Waals surface area contributed by atoms with E-state index in [-0.39, 0.29) is 6.04 Å². The number of nitrogens with two attached hydrogens (primary N) is 2. The summed E-state index contributed by atoms with van der Waals surface area (Å²) in [5.41, 5.74) is 13.7. The van der Waals surface area contributed by atoms with E-state index in [2.05, 4.69) is 23.2 Å². The number of aromatic amines is 1. The molecule has 0 aliphatic carbocycles. The van der Waals surface area contributed by atoms with Crippen LogP contribution in [-0.2, 0) is 0 Å². The summed E-state index contributed by atoms with van der Waals surface area (Å²) in [5.74, 6) is 0. The van der Waals surface area contributed by atoms with Gasteiger partial charge in [-0.1, -0.05) is 12.1 Å². The maximum atomic E-state index is 5.97. The predicted molar refractivity (Wildman–Crippen MR) is 58.9 cm³/mol. The monoisotopic (exact) mass is 189 g/mol. The van der Waals surface area contributed by atoms with Crippen LogP contribution in [0.2, 0.25) is 0 Å². The highest BCUT2D eigenvalue weighted by molar-refractivity contribution is 5.79. The van der Waals surface area contributed by atoms with E-state index in [1.807, 2.05) is 12.3 Å². The summed E-state index contributed by atoms with van der Waals surface area (Å²) in [5, 5.41) is 1.22. The number of fused-ring (bicyclic) bond motifs is 1. The fraction of sp³-hybridized carbons (Fsp3) is 0.273. The molecule has 0 amide bonds. The molecule has 0 aliphatic rings. The van der Waals surface area contributed by atoms with Gasteiger partial charge in [0.2, 0.25) is 0 Å².